The molecule has 2 aromatic carbocycles. The van der Waals surface area contributed by atoms with E-state index >= 15 is 0 Å². The van der Waals surface area contributed by atoms with Gasteiger partial charge in [-0.2, -0.15) is 5.10 Å². The van der Waals surface area contributed by atoms with Crippen molar-refractivity contribution in [3.63, 3.8) is 0 Å². The Balaban J connectivity index is 2.00. The number of aromatic nitrogens is 2. The summed E-state index contributed by atoms with van der Waals surface area (Å²) in [7, 11) is 2.00. The molecule has 2 atom stereocenters. The van der Waals surface area contributed by atoms with E-state index < -0.39 is 0 Å². The third-order valence-electron chi connectivity index (χ3n) is 3.84. The van der Waals surface area contributed by atoms with E-state index in [1.54, 1.807) is 0 Å². The lowest BCUT2D eigenvalue weighted by Gasteiger charge is -2.25. The maximum Gasteiger partial charge on any atom is 0.0692 e. The van der Waals surface area contributed by atoms with Gasteiger partial charge in [-0.05, 0) is 25.6 Å². The first kappa shape index (κ1) is 12.9. The summed E-state index contributed by atoms with van der Waals surface area (Å²) >= 11 is 0. The van der Waals surface area contributed by atoms with Crippen LogP contribution in [-0.4, -0.2) is 16.8 Å². The number of para-hydroxylation sites is 1. The van der Waals surface area contributed by atoms with Gasteiger partial charge >= 0.3 is 0 Å². The number of rotatable bonds is 4. The van der Waals surface area contributed by atoms with Crippen molar-refractivity contribution in [3.05, 3.63) is 66.4 Å². The van der Waals surface area contributed by atoms with Crippen molar-refractivity contribution in [1.29, 1.82) is 0 Å². The van der Waals surface area contributed by atoms with Crippen LogP contribution in [0.2, 0.25) is 0 Å². The van der Waals surface area contributed by atoms with E-state index in [4.69, 9.17) is 0 Å². The molecule has 0 saturated carbocycles. The molecule has 0 fully saturated rings. The molecule has 3 aromatic rings. The highest BCUT2D eigenvalue weighted by Gasteiger charge is 2.20. The van der Waals surface area contributed by atoms with Gasteiger partial charge in [0, 0.05) is 5.39 Å². The molecule has 0 aliphatic heterocycles. The van der Waals surface area contributed by atoms with Crippen molar-refractivity contribution < 1.29 is 0 Å². The molecule has 1 N–H and O–H groups in total. The van der Waals surface area contributed by atoms with Crippen molar-refractivity contribution in [1.82, 2.24) is 15.1 Å². The van der Waals surface area contributed by atoms with Crippen LogP contribution in [0.5, 0.6) is 0 Å². The Kier molecular flexibility index (Phi) is 3.52. The van der Waals surface area contributed by atoms with Crippen LogP contribution in [0.3, 0.4) is 0 Å². The lowest BCUT2D eigenvalue weighted by atomic mass is 10.0. The number of hydrogen-bond donors (Lipinski definition) is 1. The predicted octanol–water partition coefficient (Wildman–Crippen LogP) is 3.56. The molecule has 0 aliphatic rings. The van der Waals surface area contributed by atoms with Crippen LogP contribution < -0.4 is 5.32 Å². The molecule has 1 aromatic heterocycles. The highest BCUT2D eigenvalue weighted by atomic mass is 15.3. The fraction of sp³-hybridized carbons (Fsp3) is 0.235. The average Bonchev–Trinajstić information content (AvgIpc) is 2.93. The number of nitrogens with one attached hydrogen (secondary N) is 1. The summed E-state index contributed by atoms with van der Waals surface area (Å²) in [6.45, 7) is 2.20. The van der Waals surface area contributed by atoms with Crippen molar-refractivity contribution in [2.45, 2.75) is 19.0 Å². The Labute approximate surface area is 119 Å². The van der Waals surface area contributed by atoms with Gasteiger partial charge in [-0.3, -0.25) is 4.68 Å². The Hall–Kier alpha value is -2.13. The number of likely N-dealkylation sites (N-methyl/N-ethyl adjacent to an activating group) is 1. The van der Waals surface area contributed by atoms with Crippen LogP contribution in [0.15, 0.2) is 60.8 Å². The Morgan fingerprint density at radius 3 is 2.45 bits per heavy atom. The lowest BCUT2D eigenvalue weighted by molar-refractivity contribution is 0.381. The fourth-order valence-electron chi connectivity index (χ4n) is 2.80. The smallest absolute Gasteiger partial charge is 0.0692 e. The maximum atomic E-state index is 4.57. The van der Waals surface area contributed by atoms with Gasteiger partial charge < -0.3 is 5.32 Å². The van der Waals surface area contributed by atoms with Crippen LogP contribution in [0, 0.1) is 0 Å². The quantitative estimate of drug-likeness (QED) is 0.781. The topological polar surface area (TPSA) is 29.9 Å². The van der Waals surface area contributed by atoms with E-state index in [1.807, 2.05) is 25.4 Å². The molecule has 0 saturated heterocycles. The number of nitrogens with zero attached hydrogens (tertiary/aromatic N) is 2. The van der Waals surface area contributed by atoms with E-state index in [2.05, 4.69) is 64.5 Å². The monoisotopic (exact) mass is 265 g/mol. The predicted molar refractivity (Wildman–Crippen MR) is 82.7 cm³/mol. The Bertz CT molecular complexity index is 688. The summed E-state index contributed by atoms with van der Waals surface area (Å²) in [5.41, 5.74) is 2.46. The summed E-state index contributed by atoms with van der Waals surface area (Å²) < 4.78 is 2.10. The minimum Gasteiger partial charge on any atom is -0.311 e. The van der Waals surface area contributed by atoms with Crippen LogP contribution >= 0.6 is 0 Å². The molecular weight excluding hydrogens is 246 g/mol. The second-order valence-corrected chi connectivity index (χ2v) is 5.07. The first-order valence-corrected chi connectivity index (χ1v) is 6.95. The molecular formula is C17H19N3. The van der Waals surface area contributed by atoms with E-state index in [9.17, 15) is 0 Å². The Morgan fingerprint density at radius 2 is 1.70 bits per heavy atom. The molecule has 0 bridgehead atoms. The van der Waals surface area contributed by atoms with Gasteiger partial charge in [0.2, 0.25) is 0 Å². The largest absolute Gasteiger partial charge is 0.311 e. The zero-order valence-electron chi connectivity index (χ0n) is 11.8. The maximum absolute atomic E-state index is 4.57. The number of fused-ring (bicyclic) bond motifs is 1. The van der Waals surface area contributed by atoms with Crippen molar-refractivity contribution >= 4 is 10.9 Å². The minimum atomic E-state index is 0.236. The van der Waals surface area contributed by atoms with E-state index in [1.165, 1.54) is 16.5 Å². The Morgan fingerprint density at radius 1 is 1.00 bits per heavy atom. The van der Waals surface area contributed by atoms with E-state index in [0.717, 1.165) is 0 Å². The molecule has 3 heteroatoms. The SMILES string of the molecule is CNC(c1ccccc1)C(C)n1ncc2ccccc21. The molecule has 102 valence electrons. The van der Waals surface area contributed by atoms with Gasteiger partial charge in [0.1, 0.15) is 0 Å². The van der Waals surface area contributed by atoms with E-state index in [0.29, 0.717) is 0 Å². The standard InChI is InChI=1S/C17H19N3/c1-13(17(18-2)14-8-4-3-5-9-14)20-16-11-7-6-10-15(16)12-19-20/h3-13,17-18H,1-2H3. The zero-order valence-corrected chi connectivity index (χ0v) is 11.8. The summed E-state index contributed by atoms with van der Waals surface area (Å²) in [4.78, 5) is 0. The minimum absolute atomic E-state index is 0.236. The van der Waals surface area contributed by atoms with Gasteiger partial charge in [-0.25, -0.2) is 0 Å². The second-order valence-electron chi connectivity index (χ2n) is 5.07. The highest BCUT2D eigenvalue weighted by molar-refractivity contribution is 5.78. The number of hydrogen-bond acceptors (Lipinski definition) is 2. The zero-order chi connectivity index (χ0) is 13.9. The van der Waals surface area contributed by atoms with Crippen LogP contribution in [0.1, 0.15) is 24.6 Å². The molecule has 2 unspecified atom stereocenters. The number of benzene rings is 2. The highest BCUT2D eigenvalue weighted by Crippen LogP contribution is 2.28. The van der Waals surface area contributed by atoms with Crippen molar-refractivity contribution in [2.75, 3.05) is 7.05 Å². The first-order chi connectivity index (χ1) is 9.81. The summed E-state index contributed by atoms with van der Waals surface area (Å²) in [5, 5.41) is 9.16. The van der Waals surface area contributed by atoms with Crippen LogP contribution in [0.4, 0.5) is 0 Å². The van der Waals surface area contributed by atoms with Crippen LogP contribution in [-0.2, 0) is 0 Å². The molecule has 3 nitrogen and oxygen atoms in total. The molecule has 0 spiro atoms. The normalized spacial score (nSPS) is 14.3. The lowest BCUT2D eigenvalue weighted by Crippen LogP contribution is -2.26. The third kappa shape index (κ3) is 2.21. The van der Waals surface area contributed by atoms with Gasteiger partial charge in [0.15, 0.2) is 0 Å². The molecule has 0 radical (unpaired) electrons. The second kappa shape index (κ2) is 5.47. The average molecular weight is 265 g/mol. The van der Waals surface area contributed by atoms with Gasteiger partial charge in [-0.15, -0.1) is 0 Å². The molecule has 1 heterocycles. The van der Waals surface area contributed by atoms with Crippen molar-refractivity contribution in [3.8, 4) is 0 Å². The van der Waals surface area contributed by atoms with E-state index in [-0.39, 0.29) is 12.1 Å². The van der Waals surface area contributed by atoms with Gasteiger partial charge in [0.05, 0.1) is 23.8 Å². The van der Waals surface area contributed by atoms with Crippen molar-refractivity contribution in [2.24, 2.45) is 0 Å². The molecule has 3 rings (SSSR count). The summed E-state index contributed by atoms with van der Waals surface area (Å²) in [5.74, 6) is 0. The molecule has 0 aliphatic carbocycles. The van der Waals surface area contributed by atoms with Gasteiger partial charge in [0.25, 0.3) is 0 Å². The first-order valence-electron chi connectivity index (χ1n) is 6.95. The van der Waals surface area contributed by atoms with Gasteiger partial charge in [-0.1, -0.05) is 48.5 Å². The molecule has 20 heavy (non-hydrogen) atoms. The van der Waals surface area contributed by atoms with Crippen LogP contribution in [0.25, 0.3) is 10.9 Å². The third-order valence-corrected chi connectivity index (χ3v) is 3.84. The fourth-order valence-corrected chi connectivity index (χ4v) is 2.80. The summed E-state index contributed by atoms with van der Waals surface area (Å²) in [6.07, 6.45) is 1.93. The summed E-state index contributed by atoms with van der Waals surface area (Å²) in [6, 6.07) is 19.3. The molecule has 0 amide bonds.